The van der Waals surface area contributed by atoms with E-state index in [1.54, 1.807) is 0 Å². The Kier molecular flexibility index (Phi) is 2.19. The standard InChI is InChI=1S/C7H13NS/c1-6(9)7-4-3-5-8(7)2/h7H,3-5H2,1-2H3/t7-/m0/s1. The van der Waals surface area contributed by atoms with Crippen LogP contribution in [0, 0.1) is 0 Å². The van der Waals surface area contributed by atoms with Crippen molar-refractivity contribution < 1.29 is 0 Å². The molecule has 0 unspecified atom stereocenters. The Morgan fingerprint density at radius 1 is 1.67 bits per heavy atom. The first-order chi connectivity index (χ1) is 4.22. The van der Waals surface area contributed by atoms with Crippen LogP contribution in [0.25, 0.3) is 0 Å². The molecule has 52 valence electrons. The first kappa shape index (κ1) is 7.16. The molecule has 1 rings (SSSR count). The minimum atomic E-state index is 0.597. The lowest BCUT2D eigenvalue weighted by molar-refractivity contribution is 0.375. The van der Waals surface area contributed by atoms with E-state index in [0.717, 1.165) is 4.86 Å². The van der Waals surface area contributed by atoms with Crippen molar-refractivity contribution >= 4 is 17.1 Å². The summed E-state index contributed by atoms with van der Waals surface area (Å²) in [4.78, 5) is 3.48. The molecule has 1 saturated heterocycles. The second-order valence-electron chi connectivity index (χ2n) is 2.75. The van der Waals surface area contributed by atoms with Crippen LogP contribution in [0.4, 0.5) is 0 Å². The highest BCUT2D eigenvalue weighted by atomic mass is 32.1. The topological polar surface area (TPSA) is 3.24 Å². The predicted molar refractivity (Wildman–Crippen MR) is 43.9 cm³/mol. The van der Waals surface area contributed by atoms with Crippen molar-refractivity contribution in [3.8, 4) is 0 Å². The van der Waals surface area contributed by atoms with Crippen LogP contribution in [0.5, 0.6) is 0 Å². The van der Waals surface area contributed by atoms with E-state index in [4.69, 9.17) is 12.2 Å². The van der Waals surface area contributed by atoms with Crippen LogP contribution in [0.1, 0.15) is 19.8 Å². The molecule has 1 nitrogen and oxygen atoms in total. The normalized spacial score (nSPS) is 28.9. The van der Waals surface area contributed by atoms with Gasteiger partial charge in [0, 0.05) is 10.9 Å². The molecule has 0 aromatic heterocycles. The van der Waals surface area contributed by atoms with Gasteiger partial charge in [0.05, 0.1) is 0 Å². The number of hydrogen-bond acceptors (Lipinski definition) is 2. The van der Waals surface area contributed by atoms with Crippen LogP contribution in [0.2, 0.25) is 0 Å². The van der Waals surface area contributed by atoms with Crippen molar-refractivity contribution in [3.63, 3.8) is 0 Å². The van der Waals surface area contributed by atoms with Gasteiger partial charge in [0.15, 0.2) is 0 Å². The Bertz CT molecular complexity index is 122. The SMILES string of the molecule is CC(=S)[C@@H]1CCCN1C. The molecule has 0 aliphatic carbocycles. The van der Waals surface area contributed by atoms with E-state index in [1.165, 1.54) is 19.4 Å². The Balaban J connectivity index is 2.49. The molecule has 2 heteroatoms. The van der Waals surface area contributed by atoms with Gasteiger partial charge in [-0.2, -0.15) is 0 Å². The second-order valence-corrected chi connectivity index (χ2v) is 3.39. The zero-order valence-electron chi connectivity index (χ0n) is 6.05. The summed E-state index contributed by atoms with van der Waals surface area (Å²) in [6.45, 7) is 3.26. The maximum absolute atomic E-state index is 5.09. The molecule has 0 amide bonds. The van der Waals surface area contributed by atoms with Crippen LogP contribution < -0.4 is 0 Å². The van der Waals surface area contributed by atoms with Gasteiger partial charge < -0.3 is 0 Å². The molecule has 0 aromatic carbocycles. The molecule has 0 spiro atoms. The Morgan fingerprint density at radius 3 is 2.56 bits per heavy atom. The molecule has 9 heavy (non-hydrogen) atoms. The van der Waals surface area contributed by atoms with Crippen molar-refractivity contribution in [1.29, 1.82) is 0 Å². The van der Waals surface area contributed by atoms with E-state index >= 15 is 0 Å². The Labute approximate surface area is 62.0 Å². The van der Waals surface area contributed by atoms with Crippen LogP contribution in [-0.4, -0.2) is 29.4 Å². The van der Waals surface area contributed by atoms with Gasteiger partial charge in [0.2, 0.25) is 0 Å². The molecule has 1 heterocycles. The van der Waals surface area contributed by atoms with Crippen LogP contribution >= 0.6 is 12.2 Å². The van der Waals surface area contributed by atoms with Crippen LogP contribution in [0.15, 0.2) is 0 Å². The average Bonchev–Trinajstić information content (AvgIpc) is 2.13. The van der Waals surface area contributed by atoms with E-state index in [-0.39, 0.29) is 0 Å². The van der Waals surface area contributed by atoms with Gasteiger partial charge in [-0.15, -0.1) is 0 Å². The van der Waals surface area contributed by atoms with Gasteiger partial charge in [-0.1, -0.05) is 12.2 Å². The van der Waals surface area contributed by atoms with Crippen molar-refractivity contribution in [1.82, 2.24) is 4.90 Å². The molecular weight excluding hydrogens is 130 g/mol. The van der Waals surface area contributed by atoms with Crippen LogP contribution in [0.3, 0.4) is 0 Å². The molecule has 0 saturated carbocycles. The fourth-order valence-electron chi connectivity index (χ4n) is 1.42. The largest absolute Gasteiger partial charge is 0.299 e. The lowest BCUT2D eigenvalue weighted by Crippen LogP contribution is -2.29. The third kappa shape index (κ3) is 1.49. The minimum Gasteiger partial charge on any atom is -0.299 e. The van der Waals surface area contributed by atoms with E-state index < -0.39 is 0 Å². The van der Waals surface area contributed by atoms with Gasteiger partial charge in [0.1, 0.15) is 0 Å². The third-order valence-electron chi connectivity index (χ3n) is 1.99. The van der Waals surface area contributed by atoms with E-state index in [2.05, 4.69) is 11.9 Å². The van der Waals surface area contributed by atoms with E-state index in [0.29, 0.717) is 6.04 Å². The summed E-state index contributed by atoms with van der Waals surface area (Å²) in [6, 6.07) is 0.597. The highest BCUT2D eigenvalue weighted by Gasteiger charge is 2.21. The highest BCUT2D eigenvalue weighted by Crippen LogP contribution is 2.15. The number of nitrogens with zero attached hydrogens (tertiary/aromatic N) is 1. The van der Waals surface area contributed by atoms with Crippen molar-refractivity contribution in [2.75, 3.05) is 13.6 Å². The van der Waals surface area contributed by atoms with Gasteiger partial charge in [-0.05, 0) is 33.4 Å². The summed E-state index contributed by atoms with van der Waals surface area (Å²) in [5.74, 6) is 0. The fraction of sp³-hybridized carbons (Fsp3) is 0.857. The summed E-state index contributed by atoms with van der Waals surface area (Å²) >= 11 is 5.09. The molecule has 0 aromatic rings. The van der Waals surface area contributed by atoms with E-state index in [1.807, 2.05) is 6.92 Å². The maximum Gasteiger partial charge on any atom is 0.0405 e. The van der Waals surface area contributed by atoms with Crippen molar-refractivity contribution in [2.45, 2.75) is 25.8 Å². The van der Waals surface area contributed by atoms with Gasteiger partial charge in [0.25, 0.3) is 0 Å². The van der Waals surface area contributed by atoms with Gasteiger partial charge >= 0.3 is 0 Å². The van der Waals surface area contributed by atoms with Crippen LogP contribution in [-0.2, 0) is 0 Å². The Morgan fingerprint density at radius 2 is 2.33 bits per heavy atom. The summed E-state index contributed by atoms with van der Waals surface area (Å²) < 4.78 is 0. The first-order valence-electron chi connectivity index (χ1n) is 3.42. The average molecular weight is 143 g/mol. The zero-order valence-corrected chi connectivity index (χ0v) is 6.87. The lowest BCUT2D eigenvalue weighted by atomic mass is 10.2. The summed E-state index contributed by atoms with van der Waals surface area (Å²) in [5.41, 5.74) is 0. The number of rotatable bonds is 1. The molecular formula is C7H13NS. The number of hydrogen-bond donors (Lipinski definition) is 0. The maximum atomic E-state index is 5.09. The van der Waals surface area contributed by atoms with Crippen molar-refractivity contribution in [3.05, 3.63) is 0 Å². The summed E-state index contributed by atoms with van der Waals surface area (Å²) in [7, 11) is 2.15. The quantitative estimate of drug-likeness (QED) is 0.511. The van der Waals surface area contributed by atoms with Gasteiger partial charge in [-0.3, -0.25) is 4.90 Å². The summed E-state index contributed by atoms with van der Waals surface area (Å²) in [5, 5.41) is 0. The number of thiocarbonyl (C=S) groups is 1. The lowest BCUT2D eigenvalue weighted by Gasteiger charge is -2.17. The third-order valence-corrected chi connectivity index (χ3v) is 2.26. The fourth-order valence-corrected chi connectivity index (χ4v) is 1.72. The molecule has 1 aliphatic rings. The molecule has 0 radical (unpaired) electrons. The molecule has 1 atom stereocenters. The smallest absolute Gasteiger partial charge is 0.0405 e. The van der Waals surface area contributed by atoms with E-state index in [9.17, 15) is 0 Å². The van der Waals surface area contributed by atoms with Crippen molar-refractivity contribution in [2.24, 2.45) is 0 Å². The number of likely N-dealkylation sites (tertiary alicyclic amines) is 1. The molecule has 1 fully saturated rings. The van der Waals surface area contributed by atoms with Gasteiger partial charge in [-0.25, -0.2) is 0 Å². The summed E-state index contributed by atoms with van der Waals surface area (Å²) in [6.07, 6.45) is 2.58. The Hall–Kier alpha value is 0.0500. The monoisotopic (exact) mass is 143 g/mol. The minimum absolute atomic E-state index is 0.597. The second kappa shape index (κ2) is 2.76. The zero-order chi connectivity index (χ0) is 6.85. The molecule has 0 bridgehead atoms. The molecule has 1 aliphatic heterocycles. The first-order valence-corrected chi connectivity index (χ1v) is 3.83. The predicted octanol–water partition coefficient (Wildman–Crippen LogP) is 1.47. The highest BCUT2D eigenvalue weighted by molar-refractivity contribution is 7.80. The molecule has 0 N–H and O–H groups in total.